The summed E-state index contributed by atoms with van der Waals surface area (Å²) in [6, 6.07) is 0.0749. The first kappa shape index (κ1) is 55.1. The third-order valence-corrected chi connectivity index (χ3v) is 9.27. The van der Waals surface area contributed by atoms with Gasteiger partial charge >= 0.3 is 0 Å². The Hall–Kier alpha value is -3.29. The molecule has 2 saturated heterocycles. The Labute approximate surface area is 334 Å². The van der Waals surface area contributed by atoms with Gasteiger partial charge in [0, 0.05) is 41.3 Å². The van der Waals surface area contributed by atoms with Crippen LogP contribution in [0, 0.1) is 0 Å². The van der Waals surface area contributed by atoms with Gasteiger partial charge in [0.15, 0.2) is 17.2 Å². The maximum Gasteiger partial charge on any atom is 0.229 e. The minimum atomic E-state index is -0.861. The summed E-state index contributed by atoms with van der Waals surface area (Å²) in [4.78, 5) is 45.9. The number of piperidine rings is 2. The molecule has 3 unspecified atom stereocenters. The second kappa shape index (κ2) is 28.2. The lowest BCUT2D eigenvalue weighted by atomic mass is 10.0. The van der Waals surface area contributed by atoms with Crippen molar-refractivity contribution in [3.63, 3.8) is 0 Å². The van der Waals surface area contributed by atoms with E-state index in [9.17, 15) is 29.7 Å². The third kappa shape index (κ3) is 15.8. The summed E-state index contributed by atoms with van der Waals surface area (Å²) in [7, 11) is 0. The zero-order valence-electron chi connectivity index (χ0n) is 30.9. The van der Waals surface area contributed by atoms with Gasteiger partial charge in [-0.1, -0.05) is 55.9 Å². The maximum absolute atomic E-state index is 12.1. The fraction of sp³-hybridized carbons (Fsp3) is 0.625. The second-order valence-electron chi connectivity index (χ2n) is 12.6. The fourth-order valence-electron chi connectivity index (χ4n) is 5.75. The van der Waals surface area contributed by atoms with E-state index in [1.807, 2.05) is 27.7 Å². The first-order valence-electron chi connectivity index (χ1n) is 17.9. The van der Waals surface area contributed by atoms with E-state index in [1.165, 1.54) is 64.7 Å². The smallest absolute Gasteiger partial charge is 0.229 e. The molecule has 8 N–H and O–H groups in total. The molecular weight excluding hydrogens is 733 g/mol. The lowest BCUT2D eigenvalue weighted by Crippen LogP contribution is -2.34. The molecule has 0 aliphatic carbocycles. The molecule has 0 spiro atoms. The van der Waals surface area contributed by atoms with Crippen molar-refractivity contribution in [3.8, 4) is 17.2 Å². The van der Waals surface area contributed by atoms with Gasteiger partial charge in [-0.2, -0.15) is 0 Å². The standard InChI is InChI=1S/C14H22N2O2.C9H12ClNO2.C9H13NO3.C5H11N.3CH4.ClH/c1-3-12-14(18)13(17)11(9-15-12)10(2)16-7-5-4-6-8-16;1-3-7-9(13)8(12)6(4-11-7)5(2)10;1-3-7-9(13)8(12)6(4-10-7)5(2)11;1-2-4-6-5-3-1;;;;/h9-10,18H,3-8H2,1-2H3,(H,15,17);4-5,13H,3H2,1-2H3,(H,11,12);4-5,11,13H,3H2,1-2H3,(H,10,12);6H,1-5H2;3*1H4;1H. The average Bonchev–Trinajstić information content (AvgIpc) is 3.13. The number of aryl methyl sites for hydroxylation is 3. The predicted molar refractivity (Wildman–Crippen MR) is 227 cm³/mol. The molecule has 312 valence electrons. The second-order valence-corrected chi connectivity index (χ2v) is 13.3. The van der Waals surface area contributed by atoms with Crippen LogP contribution in [0.25, 0.3) is 0 Å². The van der Waals surface area contributed by atoms with Crippen molar-refractivity contribution < 1.29 is 20.4 Å². The van der Waals surface area contributed by atoms with E-state index >= 15 is 0 Å². The summed E-state index contributed by atoms with van der Waals surface area (Å²) >= 11 is 5.74. The number of nitrogens with one attached hydrogen (secondary N) is 4. The van der Waals surface area contributed by atoms with Gasteiger partial charge in [-0.15, -0.1) is 24.0 Å². The van der Waals surface area contributed by atoms with Crippen LogP contribution in [0.15, 0.2) is 33.0 Å². The van der Waals surface area contributed by atoms with Crippen LogP contribution in [0.1, 0.15) is 154 Å². The molecule has 5 heterocycles. The number of hydrogen-bond donors (Lipinski definition) is 8. The van der Waals surface area contributed by atoms with Gasteiger partial charge in [-0.3, -0.25) is 19.3 Å². The van der Waals surface area contributed by atoms with Gasteiger partial charge < -0.3 is 40.7 Å². The number of likely N-dealkylation sites (tertiary alicyclic amines) is 1. The minimum Gasteiger partial charge on any atom is -0.503 e. The quantitative estimate of drug-likeness (QED) is 0.110. The number of hydrogen-bond acceptors (Lipinski definition) is 9. The molecule has 2 fully saturated rings. The number of aliphatic hydroxyl groups excluding tert-OH is 1. The van der Waals surface area contributed by atoms with E-state index in [1.54, 1.807) is 19.3 Å². The Kier molecular flexibility index (Phi) is 28.7. The molecule has 5 rings (SSSR count). The average molecular weight is 805 g/mol. The van der Waals surface area contributed by atoms with E-state index in [0.29, 0.717) is 47.5 Å². The van der Waals surface area contributed by atoms with Crippen molar-refractivity contribution in [1.82, 2.24) is 25.2 Å². The van der Waals surface area contributed by atoms with Crippen molar-refractivity contribution >= 4 is 24.0 Å². The van der Waals surface area contributed by atoms with Crippen LogP contribution < -0.4 is 21.6 Å². The largest absolute Gasteiger partial charge is 0.503 e. The number of H-pyrrole nitrogens is 3. The molecule has 0 amide bonds. The van der Waals surface area contributed by atoms with Crippen LogP contribution in [0.4, 0.5) is 0 Å². The van der Waals surface area contributed by atoms with Gasteiger partial charge in [0.2, 0.25) is 16.3 Å². The molecule has 0 bridgehead atoms. The van der Waals surface area contributed by atoms with Crippen LogP contribution in [-0.2, 0) is 19.3 Å². The summed E-state index contributed by atoms with van der Waals surface area (Å²) in [6.45, 7) is 15.4. The zero-order chi connectivity index (χ0) is 37.4. The Morgan fingerprint density at radius 1 is 0.630 bits per heavy atom. The van der Waals surface area contributed by atoms with Crippen molar-refractivity contribution in [1.29, 1.82) is 0 Å². The van der Waals surface area contributed by atoms with E-state index in [4.69, 9.17) is 16.7 Å². The highest BCUT2D eigenvalue weighted by Gasteiger charge is 2.22. The van der Waals surface area contributed by atoms with E-state index < -0.39 is 11.5 Å². The van der Waals surface area contributed by atoms with Gasteiger partial charge in [0.05, 0.1) is 28.6 Å². The number of aromatic amines is 3. The number of alkyl halides is 1. The molecule has 2 aliphatic heterocycles. The summed E-state index contributed by atoms with van der Waals surface area (Å²) in [5, 5.41) is 40.7. The molecule has 3 atom stereocenters. The Morgan fingerprint density at radius 3 is 1.31 bits per heavy atom. The molecule has 3 aromatic heterocycles. The fourth-order valence-corrected chi connectivity index (χ4v) is 5.91. The molecule has 54 heavy (non-hydrogen) atoms. The van der Waals surface area contributed by atoms with Crippen LogP contribution in [0.3, 0.4) is 0 Å². The predicted octanol–water partition coefficient (Wildman–Crippen LogP) is 7.92. The molecule has 14 heteroatoms. The van der Waals surface area contributed by atoms with Crippen LogP contribution in [0.2, 0.25) is 0 Å². The number of nitrogens with zero attached hydrogens (tertiary/aromatic N) is 1. The Bertz CT molecular complexity index is 1560. The lowest BCUT2D eigenvalue weighted by molar-refractivity contribution is 0.173. The monoisotopic (exact) mass is 803 g/mol. The van der Waals surface area contributed by atoms with Gasteiger partial charge in [0.25, 0.3) is 0 Å². The highest BCUT2D eigenvalue weighted by molar-refractivity contribution is 6.20. The SMILES string of the molecule is C.C.C.C1CCNCC1.CCc1[nH]cc(C(C)Cl)c(=O)c1O.CCc1[nH]cc(C(C)N2CCCCC2)c(=O)c1O.CCc1[nH]cc(C(C)O)c(=O)c1O.Cl. The van der Waals surface area contributed by atoms with Gasteiger partial charge in [-0.05, 0) is 91.9 Å². The van der Waals surface area contributed by atoms with Gasteiger partial charge in [0.1, 0.15) is 0 Å². The van der Waals surface area contributed by atoms with Crippen LogP contribution in [-0.4, -0.2) is 66.5 Å². The van der Waals surface area contributed by atoms with Crippen molar-refractivity contribution in [2.45, 2.75) is 139 Å². The molecule has 2 aliphatic rings. The summed E-state index contributed by atoms with van der Waals surface area (Å²) in [6.07, 6.45) is 13.6. The zero-order valence-corrected chi connectivity index (χ0v) is 32.5. The number of aromatic hydroxyl groups is 3. The normalized spacial score (nSPS) is 15.1. The topological polar surface area (TPSA) is 195 Å². The van der Waals surface area contributed by atoms with E-state index in [-0.39, 0.29) is 79.8 Å². The number of aliphatic hydroxyl groups is 1. The maximum atomic E-state index is 12.1. The summed E-state index contributed by atoms with van der Waals surface area (Å²) in [5.74, 6) is -0.618. The van der Waals surface area contributed by atoms with Crippen molar-refractivity contribution in [3.05, 3.63) is 83.0 Å². The van der Waals surface area contributed by atoms with E-state index in [0.717, 1.165) is 13.1 Å². The van der Waals surface area contributed by atoms with Crippen molar-refractivity contribution in [2.75, 3.05) is 26.2 Å². The Balaban J connectivity index is -0.000000656. The summed E-state index contributed by atoms with van der Waals surface area (Å²) < 4.78 is 0. The highest BCUT2D eigenvalue weighted by Crippen LogP contribution is 2.24. The third-order valence-electron chi connectivity index (χ3n) is 9.03. The highest BCUT2D eigenvalue weighted by atomic mass is 35.5. The number of pyridine rings is 3. The minimum absolute atomic E-state index is 0. The number of aromatic nitrogens is 3. The summed E-state index contributed by atoms with van der Waals surface area (Å²) in [5.41, 5.74) is 1.83. The van der Waals surface area contributed by atoms with Gasteiger partial charge in [-0.25, -0.2) is 0 Å². The van der Waals surface area contributed by atoms with E-state index in [2.05, 4.69) is 25.2 Å². The Morgan fingerprint density at radius 2 is 0.981 bits per heavy atom. The molecule has 12 nitrogen and oxygen atoms in total. The number of halogens is 2. The molecule has 0 radical (unpaired) electrons. The lowest BCUT2D eigenvalue weighted by Gasteiger charge is -2.32. The number of rotatable bonds is 7. The first-order chi connectivity index (χ1) is 23.8. The molecule has 0 aromatic carbocycles. The molecule has 3 aromatic rings. The molecular formula is C40H71Cl2N5O7. The first-order valence-corrected chi connectivity index (χ1v) is 18.3. The van der Waals surface area contributed by atoms with Crippen LogP contribution >= 0.6 is 24.0 Å². The van der Waals surface area contributed by atoms with Crippen LogP contribution in [0.5, 0.6) is 17.2 Å². The van der Waals surface area contributed by atoms with Crippen molar-refractivity contribution in [2.24, 2.45) is 0 Å². The molecule has 0 saturated carbocycles.